The Labute approximate surface area is 294 Å². The van der Waals surface area contributed by atoms with Crippen LogP contribution >= 0.6 is 0 Å². The van der Waals surface area contributed by atoms with Crippen molar-refractivity contribution in [3.05, 3.63) is 51.6 Å². The number of likely N-dealkylation sites (N-methyl/N-ethyl adjacent to an activating group) is 1. The van der Waals surface area contributed by atoms with E-state index in [2.05, 4.69) is 0 Å². The summed E-state index contributed by atoms with van der Waals surface area (Å²) in [7, 11) is 4.76. The lowest BCUT2D eigenvalue weighted by Crippen LogP contribution is -2.57. The van der Waals surface area contributed by atoms with Crippen molar-refractivity contribution in [1.29, 1.82) is 0 Å². The van der Waals surface area contributed by atoms with E-state index in [1.165, 1.54) is 18.2 Å². The van der Waals surface area contributed by atoms with Crippen molar-refractivity contribution in [3.63, 3.8) is 0 Å². The SMILES string of the molecule is CCC1(O)CC(OC2CC(N(C)C)C(OC3CC(O)C(O)C(C)O3)C(C)O2)c2c(O)c3c(c(O)c2C1C(=O)OC)C(=O)c1cccc(O)c1C3=O. The molecular formula is C36H45NO14. The summed E-state index contributed by atoms with van der Waals surface area (Å²) in [5.41, 5.74) is -4.13. The maximum absolute atomic E-state index is 13.9. The minimum atomic E-state index is -1.91. The fourth-order valence-corrected chi connectivity index (χ4v) is 8.06. The molecule has 0 bridgehead atoms. The first kappa shape index (κ1) is 37.1. The number of ether oxygens (including phenoxy) is 5. The van der Waals surface area contributed by atoms with Gasteiger partial charge in [0.2, 0.25) is 5.78 Å². The number of phenols is 3. The molecule has 0 radical (unpaired) electrons. The molecular weight excluding hydrogens is 670 g/mol. The van der Waals surface area contributed by atoms with Gasteiger partial charge in [0.25, 0.3) is 0 Å². The molecule has 0 saturated carbocycles. The summed E-state index contributed by atoms with van der Waals surface area (Å²) in [6.07, 6.45) is -7.23. The number of aliphatic hydroxyl groups excluding tert-OH is 2. The number of esters is 1. The van der Waals surface area contributed by atoms with Crippen LogP contribution in [0.4, 0.5) is 0 Å². The second kappa shape index (κ2) is 13.7. The third kappa shape index (κ3) is 6.08. The molecule has 11 unspecified atom stereocenters. The summed E-state index contributed by atoms with van der Waals surface area (Å²) in [5.74, 6) is -6.38. The van der Waals surface area contributed by atoms with Gasteiger partial charge in [-0.05, 0) is 40.4 Å². The van der Waals surface area contributed by atoms with E-state index in [1.807, 2.05) is 19.0 Å². The van der Waals surface area contributed by atoms with Crippen molar-refractivity contribution in [2.45, 2.75) is 113 Å². The van der Waals surface area contributed by atoms with Crippen molar-refractivity contribution < 1.29 is 68.7 Å². The van der Waals surface area contributed by atoms with Crippen molar-refractivity contribution in [2.75, 3.05) is 21.2 Å². The predicted octanol–water partition coefficient (Wildman–Crippen LogP) is 1.74. The molecule has 6 rings (SSSR count). The maximum atomic E-state index is 13.9. The summed E-state index contributed by atoms with van der Waals surface area (Å²) in [6, 6.07) is 3.51. The van der Waals surface area contributed by atoms with Gasteiger partial charge in [0.15, 0.2) is 18.4 Å². The highest BCUT2D eigenvalue weighted by Gasteiger charge is 2.55. The zero-order valence-electron chi connectivity index (χ0n) is 29.2. The zero-order chi connectivity index (χ0) is 37.3. The topological polar surface area (TPSA) is 222 Å². The molecule has 15 nitrogen and oxygen atoms in total. The third-order valence-corrected chi connectivity index (χ3v) is 10.8. The Morgan fingerprint density at radius 3 is 2.18 bits per heavy atom. The average molecular weight is 716 g/mol. The Hall–Kier alpha value is -3.67. The van der Waals surface area contributed by atoms with Gasteiger partial charge in [-0.3, -0.25) is 14.4 Å². The van der Waals surface area contributed by atoms with Crippen LogP contribution in [0.15, 0.2) is 18.2 Å². The Morgan fingerprint density at radius 2 is 1.55 bits per heavy atom. The molecule has 0 spiro atoms. The first-order valence-corrected chi connectivity index (χ1v) is 17.0. The van der Waals surface area contributed by atoms with Crippen LogP contribution in [0, 0.1) is 0 Å². The number of carbonyl (C=O) groups excluding carboxylic acids is 3. The molecule has 2 fully saturated rings. The molecule has 11 atom stereocenters. The van der Waals surface area contributed by atoms with Gasteiger partial charge in [-0.25, -0.2) is 0 Å². The van der Waals surface area contributed by atoms with E-state index in [1.54, 1.807) is 20.8 Å². The molecule has 6 N–H and O–H groups in total. The number of phenolic OH excluding ortho intramolecular Hbond substituents is 3. The van der Waals surface area contributed by atoms with E-state index in [9.17, 15) is 45.0 Å². The average Bonchev–Trinajstić information content (AvgIpc) is 3.07. The number of rotatable bonds is 7. The molecule has 278 valence electrons. The van der Waals surface area contributed by atoms with E-state index in [4.69, 9.17) is 23.7 Å². The Bertz CT molecular complexity index is 1720. The van der Waals surface area contributed by atoms with Crippen LogP contribution in [0.5, 0.6) is 17.2 Å². The first-order chi connectivity index (χ1) is 24.0. The molecule has 51 heavy (non-hydrogen) atoms. The number of fused-ring (bicyclic) bond motifs is 3. The minimum absolute atomic E-state index is 0.0363. The quantitative estimate of drug-likeness (QED) is 0.152. The van der Waals surface area contributed by atoms with Crippen LogP contribution in [0.1, 0.15) is 101 Å². The largest absolute Gasteiger partial charge is 0.507 e. The lowest BCUT2D eigenvalue weighted by atomic mass is 9.66. The molecule has 2 aromatic rings. The van der Waals surface area contributed by atoms with Crippen molar-refractivity contribution >= 4 is 17.5 Å². The van der Waals surface area contributed by atoms with Gasteiger partial charge in [0.05, 0.1) is 53.8 Å². The van der Waals surface area contributed by atoms with Crippen molar-refractivity contribution in [2.24, 2.45) is 0 Å². The normalized spacial score (nSPS) is 34.9. The van der Waals surface area contributed by atoms with Crippen molar-refractivity contribution in [3.8, 4) is 17.2 Å². The molecule has 2 heterocycles. The summed E-state index contributed by atoms with van der Waals surface area (Å²) < 4.78 is 29.9. The van der Waals surface area contributed by atoms with Gasteiger partial charge in [-0.15, -0.1) is 0 Å². The molecule has 2 saturated heterocycles. The van der Waals surface area contributed by atoms with Gasteiger partial charge in [0, 0.05) is 42.0 Å². The van der Waals surface area contributed by atoms with E-state index in [0.717, 1.165) is 7.11 Å². The first-order valence-electron chi connectivity index (χ1n) is 17.0. The van der Waals surface area contributed by atoms with Gasteiger partial charge in [-0.2, -0.15) is 0 Å². The minimum Gasteiger partial charge on any atom is -0.507 e. The van der Waals surface area contributed by atoms with E-state index in [0.29, 0.717) is 0 Å². The van der Waals surface area contributed by atoms with Gasteiger partial charge >= 0.3 is 5.97 Å². The molecule has 4 aliphatic rings. The second-order valence-electron chi connectivity index (χ2n) is 14.1. The van der Waals surface area contributed by atoms with Crippen LogP contribution in [-0.4, -0.2) is 129 Å². The number of carbonyl (C=O) groups is 3. The molecule has 0 aromatic heterocycles. The number of aromatic hydroxyl groups is 3. The summed E-state index contributed by atoms with van der Waals surface area (Å²) in [4.78, 5) is 42.9. The number of nitrogens with zero attached hydrogens (tertiary/aromatic N) is 1. The van der Waals surface area contributed by atoms with E-state index >= 15 is 0 Å². The number of benzene rings is 2. The smallest absolute Gasteiger partial charge is 0.316 e. The predicted molar refractivity (Wildman–Crippen MR) is 175 cm³/mol. The van der Waals surface area contributed by atoms with E-state index in [-0.39, 0.29) is 54.0 Å². The van der Waals surface area contributed by atoms with Gasteiger partial charge in [0.1, 0.15) is 35.4 Å². The molecule has 0 amide bonds. The Balaban J connectivity index is 1.40. The number of hydrogen-bond acceptors (Lipinski definition) is 15. The van der Waals surface area contributed by atoms with Gasteiger partial charge < -0.3 is 59.2 Å². The second-order valence-corrected chi connectivity index (χ2v) is 14.1. The van der Waals surface area contributed by atoms with Crippen LogP contribution in [-0.2, 0) is 28.5 Å². The fraction of sp³-hybridized carbons (Fsp3) is 0.583. The highest BCUT2D eigenvalue weighted by Crippen LogP contribution is 2.57. The lowest BCUT2D eigenvalue weighted by Gasteiger charge is -2.48. The molecule has 2 aliphatic heterocycles. The van der Waals surface area contributed by atoms with Gasteiger partial charge in [-0.1, -0.05) is 19.1 Å². The summed E-state index contributed by atoms with van der Waals surface area (Å²) in [5, 5.41) is 66.7. The van der Waals surface area contributed by atoms with Crippen LogP contribution in [0.25, 0.3) is 0 Å². The summed E-state index contributed by atoms with van der Waals surface area (Å²) >= 11 is 0. The number of aliphatic hydroxyl groups is 3. The summed E-state index contributed by atoms with van der Waals surface area (Å²) in [6.45, 7) is 5.01. The third-order valence-electron chi connectivity index (χ3n) is 10.8. The fourth-order valence-electron chi connectivity index (χ4n) is 8.06. The number of hydrogen-bond donors (Lipinski definition) is 6. The Morgan fingerprint density at radius 1 is 0.922 bits per heavy atom. The van der Waals surface area contributed by atoms with Crippen molar-refractivity contribution in [1.82, 2.24) is 4.90 Å². The molecule has 2 aliphatic carbocycles. The highest BCUT2D eigenvalue weighted by molar-refractivity contribution is 6.31. The molecule has 2 aromatic carbocycles. The monoisotopic (exact) mass is 715 g/mol. The Kier molecular flexibility index (Phi) is 9.97. The molecule has 15 heteroatoms. The number of ketones is 2. The maximum Gasteiger partial charge on any atom is 0.316 e. The lowest BCUT2D eigenvalue weighted by molar-refractivity contribution is -0.310. The standard InChI is InChI=1S/C36H45NO14/c1-7-36(46)13-20(50-21-11-17(37(4)5)34(15(3)49-21)51-22-12-19(39)29(40)14(2)48-22)24-25(28(36)35(45)47-6)33(44)26-27(32(24)43)31(42)23-16(30(26)41)9-8-10-18(23)38/h8-10,14-15,17,19-22,28-29,34,38-40,43-44,46H,7,11-13H2,1-6H3. The number of methoxy groups -OCH3 is 1. The van der Waals surface area contributed by atoms with E-state index < -0.39 is 107 Å². The van der Waals surface area contributed by atoms with Crippen LogP contribution in [0.2, 0.25) is 0 Å². The van der Waals surface area contributed by atoms with Crippen LogP contribution in [0.3, 0.4) is 0 Å². The zero-order valence-corrected chi connectivity index (χ0v) is 29.2. The van der Waals surface area contributed by atoms with Crippen LogP contribution < -0.4 is 0 Å². The highest BCUT2D eigenvalue weighted by atomic mass is 16.7.